The second-order valence-electron chi connectivity index (χ2n) is 15.2. The molecule has 0 radical (unpaired) electrons. The molecule has 0 spiro atoms. The van der Waals surface area contributed by atoms with Crippen LogP contribution in [0, 0.1) is 0 Å². The molecule has 0 atom stereocenters. The predicted molar refractivity (Wildman–Crippen MR) is 260 cm³/mol. The molecule has 326 valence electrons. The normalized spacial score (nSPS) is 12.0. The number of benzene rings is 6. The predicted octanol–water partition coefficient (Wildman–Crippen LogP) is 12.9. The van der Waals surface area contributed by atoms with Gasteiger partial charge in [-0.05, 0) is 110 Å². The van der Waals surface area contributed by atoms with E-state index in [1.165, 1.54) is 11.1 Å². The molecule has 0 aliphatic heterocycles. The standard InChI is InChI=1S/C52H60NO6PS2/c1-39(2)53(40(3)4)60(58-35-37-61-51(41-15-11-9-12-16-41,43-19-27-47(54-5)28-20-43)44-21-29-48(55-6)30-22-44)59-36-38-62-52(42-17-13-10-14-18-42,45-23-31-49(56-7)32-24-45)46-25-33-50(57-8)34-26-46/h9-34,39-40H,35-38H2,1-8H3. The Morgan fingerprint density at radius 3 is 0.903 bits per heavy atom. The van der Waals surface area contributed by atoms with Gasteiger partial charge in [0.2, 0.25) is 0 Å². The summed E-state index contributed by atoms with van der Waals surface area (Å²) in [5.74, 6) is 4.68. The van der Waals surface area contributed by atoms with Crippen molar-refractivity contribution in [2.75, 3.05) is 53.2 Å². The van der Waals surface area contributed by atoms with E-state index in [-0.39, 0.29) is 12.1 Å². The molecule has 0 amide bonds. The van der Waals surface area contributed by atoms with Crippen molar-refractivity contribution in [3.63, 3.8) is 0 Å². The van der Waals surface area contributed by atoms with Crippen LogP contribution in [0.15, 0.2) is 158 Å². The fourth-order valence-electron chi connectivity index (χ4n) is 7.91. The summed E-state index contributed by atoms with van der Waals surface area (Å²) in [5.41, 5.74) is 6.96. The van der Waals surface area contributed by atoms with Crippen molar-refractivity contribution in [1.29, 1.82) is 0 Å². The second kappa shape index (κ2) is 22.8. The van der Waals surface area contributed by atoms with Crippen LogP contribution in [0.25, 0.3) is 0 Å². The number of rotatable bonds is 23. The minimum absolute atomic E-state index is 0.213. The molecule has 0 aliphatic rings. The average molecular weight is 890 g/mol. The Labute approximate surface area is 379 Å². The van der Waals surface area contributed by atoms with Crippen molar-refractivity contribution in [2.24, 2.45) is 0 Å². The van der Waals surface area contributed by atoms with E-state index >= 15 is 0 Å². The number of thioether (sulfide) groups is 2. The number of methoxy groups -OCH3 is 4. The van der Waals surface area contributed by atoms with Crippen LogP contribution < -0.4 is 18.9 Å². The molecule has 0 unspecified atom stereocenters. The Morgan fingerprint density at radius 2 is 0.661 bits per heavy atom. The van der Waals surface area contributed by atoms with Crippen molar-refractivity contribution in [1.82, 2.24) is 4.67 Å². The average Bonchev–Trinajstić information content (AvgIpc) is 3.32. The van der Waals surface area contributed by atoms with Crippen molar-refractivity contribution in [3.8, 4) is 23.0 Å². The summed E-state index contributed by atoms with van der Waals surface area (Å²) in [6, 6.07) is 55.5. The summed E-state index contributed by atoms with van der Waals surface area (Å²) in [4.78, 5) is 0. The number of hydrogen-bond acceptors (Lipinski definition) is 9. The van der Waals surface area contributed by atoms with Gasteiger partial charge in [0.05, 0.1) is 51.1 Å². The van der Waals surface area contributed by atoms with Crippen LogP contribution in [0.2, 0.25) is 0 Å². The Kier molecular flexibility index (Phi) is 17.3. The fourth-order valence-corrected chi connectivity index (χ4v) is 12.5. The first-order chi connectivity index (χ1) is 30.2. The van der Waals surface area contributed by atoms with Gasteiger partial charge in [0.15, 0.2) is 0 Å². The minimum Gasteiger partial charge on any atom is -0.497 e. The van der Waals surface area contributed by atoms with E-state index in [0.29, 0.717) is 24.7 Å². The molecule has 6 aromatic carbocycles. The van der Waals surface area contributed by atoms with Gasteiger partial charge in [-0.1, -0.05) is 109 Å². The number of ether oxygens (including phenoxy) is 4. The highest BCUT2D eigenvalue weighted by Gasteiger charge is 2.39. The Hall–Kier alpha value is -4.47. The zero-order valence-corrected chi connectivity index (χ0v) is 39.7. The van der Waals surface area contributed by atoms with Crippen LogP contribution in [-0.4, -0.2) is 69.9 Å². The Balaban J connectivity index is 1.27. The first-order valence-electron chi connectivity index (χ1n) is 21.0. The smallest absolute Gasteiger partial charge is 0.259 e. The van der Waals surface area contributed by atoms with Gasteiger partial charge in [-0.3, -0.25) is 0 Å². The number of nitrogens with zero attached hydrogens (tertiary/aromatic N) is 1. The van der Waals surface area contributed by atoms with Gasteiger partial charge in [0, 0.05) is 23.6 Å². The van der Waals surface area contributed by atoms with Gasteiger partial charge >= 0.3 is 0 Å². The molecule has 0 bridgehead atoms. The van der Waals surface area contributed by atoms with Crippen LogP contribution in [-0.2, 0) is 18.5 Å². The fraction of sp³-hybridized carbons (Fsp3) is 0.308. The monoisotopic (exact) mass is 889 g/mol. The molecule has 10 heteroatoms. The highest BCUT2D eigenvalue weighted by atomic mass is 32.2. The van der Waals surface area contributed by atoms with Crippen LogP contribution in [0.3, 0.4) is 0 Å². The molecular weight excluding hydrogens is 830 g/mol. The zero-order valence-electron chi connectivity index (χ0n) is 37.2. The topological polar surface area (TPSA) is 58.6 Å². The SMILES string of the molecule is COc1ccc(C(SCCOP(OCCSC(c2ccccc2)(c2ccc(OC)cc2)c2ccc(OC)cc2)N(C(C)C)C(C)C)(c2ccccc2)c2ccc(OC)cc2)cc1. The third-order valence-corrected chi connectivity index (χ3v) is 15.9. The van der Waals surface area contributed by atoms with Crippen molar-refractivity contribution >= 4 is 32.0 Å². The summed E-state index contributed by atoms with van der Waals surface area (Å²) in [5, 5.41) is 0. The molecule has 0 N–H and O–H groups in total. The summed E-state index contributed by atoms with van der Waals surface area (Å²) < 4.78 is 37.4. The van der Waals surface area contributed by atoms with Gasteiger partial charge in [0.25, 0.3) is 8.53 Å². The molecule has 0 fully saturated rings. The lowest BCUT2D eigenvalue weighted by Crippen LogP contribution is -2.34. The maximum absolute atomic E-state index is 6.91. The Morgan fingerprint density at radius 1 is 0.403 bits per heavy atom. The lowest BCUT2D eigenvalue weighted by Gasteiger charge is -2.38. The molecule has 0 heterocycles. The van der Waals surface area contributed by atoms with Gasteiger partial charge in [-0.2, -0.15) is 0 Å². The second-order valence-corrected chi connectivity index (χ2v) is 19.2. The first kappa shape index (κ1) is 47.0. The summed E-state index contributed by atoms with van der Waals surface area (Å²) in [6.45, 7) is 9.85. The number of hydrogen-bond donors (Lipinski definition) is 0. The summed E-state index contributed by atoms with van der Waals surface area (Å²) in [6.07, 6.45) is 0. The molecule has 7 nitrogen and oxygen atoms in total. The van der Waals surface area contributed by atoms with Crippen LogP contribution in [0.1, 0.15) is 61.1 Å². The van der Waals surface area contributed by atoms with E-state index in [0.717, 1.165) is 45.3 Å². The van der Waals surface area contributed by atoms with Crippen LogP contribution >= 0.6 is 32.0 Å². The Bertz CT molecular complexity index is 1950. The lowest BCUT2D eigenvalue weighted by molar-refractivity contribution is 0.186. The van der Waals surface area contributed by atoms with Crippen molar-refractivity contribution in [3.05, 3.63) is 191 Å². The van der Waals surface area contributed by atoms with E-state index in [1.807, 2.05) is 72.1 Å². The molecule has 0 aliphatic carbocycles. The molecule has 6 rings (SSSR count). The van der Waals surface area contributed by atoms with E-state index in [9.17, 15) is 0 Å². The lowest BCUT2D eigenvalue weighted by atomic mass is 9.84. The first-order valence-corrected chi connectivity index (χ1v) is 24.1. The van der Waals surface area contributed by atoms with Crippen molar-refractivity contribution < 1.29 is 28.0 Å². The maximum Gasteiger partial charge on any atom is 0.259 e. The molecule has 6 aromatic rings. The quantitative estimate of drug-likeness (QED) is 0.0356. The van der Waals surface area contributed by atoms with Crippen molar-refractivity contribution in [2.45, 2.75) is 49.3 Å². The highest BCUT2D eigenvalue weighted by Crippen LogP contribution is 2.52. The van der Waals surface area contributed by atoms with Crippen LogP contribution in [0.5, 0.6) is 23.0 Å². The van der Waals surface area contributed by atoms with Gasteiger partial charge < -0.3 is 28.0 Å². The summed E-state index contributed by atoms with van der Waals surface area (Å²) >= 11 is 3.73. The van der Waals surface area contributed by atoms with E-state index in [1.54, 1.807) is 28.4 Å². The maximum atomic E-state index is 6.91. The summed E-state index contributed by atoms with van der Waals surface area (Å²) in [7, 11) is 5.40. The third-order valence-electron chi connectivity index (χ3n) is 10.8. The van der Waals surface area contributed by atoms with Gasteiger partial charge in [-0.25, -0.2) is 4.67 Å². The molecule has 62 heavy (non-hydrogen) atoms. The van der Waals surface area contributed by atoms with E-state index < -0.39 is 18.0 Å². The third kappa shape index (κ3) is 10.8. The zero-order chi connectivity index (χ0) is 44.0. The highest BCUT2D eigenvalue weighted by molar-refractivity contribution is 8.00. The molecular formula is C52H60NO6PS2. The largest absolute Gasteiger partial charge is 0.497 e. The van der Waals surface area contributed by atoms with E-state index in [4.69, 9.17) is 28.0 Å². The van der Waals surface area contributed by atoms with Crippen LogP contribution in [0.4, 0.5) is 0 Å². The van der Waals surface area contributed by atoms with E-state index in [2.05, 4.69) is 142 Å². The van der Waals surface area contributed by atoms with Gasteiger partial charge in [-0.15, -0.1) is 23.5 Å². The molecule has 0 saturated carbocycles. The molecule has 0 aromatic heterocycles. The molecule has 0 saturated heterocycles. The van der Waals surface area contributed by atoms with Gasteiger partial charge in [0.1, 0.15) is 23.0 Å². The minimum atomic E-state index is -1.41.